The van der Waals surface area contributed by atoms with Gasteiger partial charge in [0, 0.05) is 31.2 Å². The summed E-state index contributed by atoms with van der Waals surface area (Å²) < 4.78 is 6.00. The van der Waals surface area contributed by atoms with Crippen molar-refractivity contribution >= 4 is 52.1 Å². The Bertz CT molecular complexity index is 2330. The fourth-order valence-electron chi connectivity index (χ4n) is 9.67. The lowest BCUT2D eigenvalue weighted by Crippen LogP contribution is -2.60. The second-order valence-electron chi connectivity index (χ2n) is 19.6. The Labute approximate surface area is 417 Å². The van der Waals surface area contributed by atoms with E-state index in [-0.39, 0.29) is 64.0 Å². The lowest BCUT2D eigenvalue weighted by molar-refractivity contribution is -0.143. The number of carbonyl (C=O) groups excluding carboxylic acids is 7. The zero-order chi connectivity index (χ0) is 51.0. The summed E-state index contributed by atoms with van der Waals surface area (Å²) in [6.07, 6.45) is 7.85. The number of rotatable bonds is 16. The number of phenols is 1. The number of amides is 7. The van der Waals surface area contributed by atoms with Gasteiger partial charge in [0.2, 0.25) is 35.4 Å². The third-order valence-electron chi connectivity index (χ3n) is 13.8. The van der Waals surface area contributed by atoms with Crippen molar-refractivity contribution in [2.24, 2.45) is 17.4 Å². The van der Waals surface area contributed by atoms with Gasteiger partial charge in [0.05, 0.1) is 6.61 Å². The summed E-state index contributed by atoms with van der Waals surface area (Å²) in [6, 6.07) is 10.5. The van der Waals surface area contributed by atoms with Gasteiger partial charge in [0.1, 0.15) is 47.8 Å². The summed E-state index contributed by atoms with van der Waals surface area (Å²) >= 11 is 0. The SMILES string of the molecule is CCCCCCCOc1ccc2cc(C(=O)N[C@H]3CCCNC(=O)[C@@H]4C[C@H](N)CN4C(=O)[C@H](CCCN)NC(=O)[C@H](CCc4ccc(O)cc4)NC(=O)[C@@H]4CCCN4C(=O)[C@H](C(C)C)NC3=O)ccc2c1. The van der Waals surface area contributed by atoms with Gasteiger partial charge in [-0.1, -0.05) is 70.7 Å². The van der Waals surface area contributed by atoms with Crippen LogP contribution >= 0.6 is 0 Å². The molecule has 3 aromatic rings. The standard InChI is InChI=1S/C53H75N9O9/c1-4-5-6-7-8-28-71-40-23-20-35-29-37(19-18-36(35)30-40)47(64)57-41-13-10-26-56-50(67)45-31-38(55)32-62(45)52(69)43(12-9-25-54)59-48(65)42(24-17-34-15-21-39(63)22-16-34)58-51(68)44-14-11-27-61(44)53(70)46(33(2)3)60-49(41)66/h15-16,18-23,29-30,33,38,41-46,63H,4-14,17,24-28,31-32,54-55H2,1-3H3,(H,56,67)(H,57,64)(H,58,68)(H,59,65)(H,60,66)/t38-,41-,42-,43-,44-,45-,46-/m0/s1. The molecule has 10 N–H and O–H groups in total. The number of hydrogen-bond acceptors (Lipinski definition) is 11. The zero-order valence-corrected chi connectivity index (χ0v) is 41.6. The molecule has 386 valence electrons. The van der Waals surface area contributed by atoms with Crippen LogP contribution in [0.4, 0.5) is 0 Å². The first-order valence-corrected chi connectivity index (χ1v) is 25.7. The van der Waals surface area contributed by atoms with Gasteiger partial charge in [-0.2, -0.15) is 0 Å². The van der Waals surface area contributed by atoms with Crippen LogP contribution in [-0.4, -0.2) is 131 Å². The number of nitrogens with zero attached hydrogens (tertiary/aromatic N) is 2. The Morgan fingerprint density at radius 1 is 0.775 bits per heavy atom. The number of nitrogens with one attached hydrogen (secondary N) is 5. The molecular weight excluding hydrogens is 907 g/mol. The number of fused-ring (bicyclic) bond motifs is 3. The maximum absolute atomic E-state index is 14.5. The molecule has 7 atom stereocenters. The number of ether oxygens (including phenoxy) is 1. The molecule has 0 bridgehead atoms. The molecule has 3 aliphatic heterocycles. The van der Waals surface area contributed by atoms with E-state index in [1.165, 1.54) is 41.2 Å². The number of phenolic OH excluding ortho intramolecular Hbond substituents is 1. The molecule has 0 unspecified atom stereocenters. The quantitative estimate of drug-likeness (QED) is 0.0966. The summed E-state index contributed by atoms with van der Waals surface area (Å²) in [5.41, 5.74) is 13.3. The van der Waals surface area contributed by atoms with Crippen molar-refractivity contribution in [3.05, 3.63) is 71.8 Å². The number of benzene rings is 3. The molecule has 3 aromatic carbocycles. The summed E-state index contributed by atoms with van der Waals surface area (Å²) in [7, 11) is 0. The van der Waals surface area contributed by atoms with E-state index >= 15 is 0 Å². The van der Waals surface area contributed by atoms with Crippen LogP contribution in [0.3, 0.4) is 0 Å². The molecule has 3 saturated heterocycles. The van der Waals surface area contributed by atoms with E-state index in [1.807, 2.05) is 24.3 Å². The van der Waals surface area contributed by atoms with Crippen molar-refractivity contribution in [2.75, 3.05) is 32.8 Å². The second kappa shape index (κ2) is 26.3. The first kappa shape index (κ1) is 54.1. The highest BCUT2D eigenvalue weighted by Gasteiger charge is 2.43. The Balaban J connectivity index is 1.26. The van der Waals surface area contributed by atoms with Crippen LogP contribution in [0.2, 0.25) is 0 Å². The van der Waals surface area contributed by atoms with Crippen molar-refractivity contribution in [1.29, 1.82) is 0 Å². The van der Waals surface area contributed by atoms with Crippen molar-refractivity contribution in [3.8, 4) is 11.5 Å². The number of carbonyl (C=O) groups is 7. The fourth-order valence-corrected chi connectivity index (χ4v) is 9.67. The average molecular weight is 982 g/mol. The van der Waals surface area contributed by atoms with E-state index in [0.29, 0.717) is 37.9 Å². The number of nitrogens with two attached hydrogens (primary N) is 2. The van der Waals surface area contributed by atoms with Crippen LogP contribution in [-0.2, 0) is 35.2 Å². The van der Waals surface area contributed by atoms with Gasteiger partial charge in [-0.15, -0.1) is 0 Å². The highest BCUT2D eigenvalue weighted by atomic mass is 16.5. The molecule has 3 aliphatic rings. The van der Waals surface area contributed by atoms with E-state index in [1.54, 1.807) is 38.1 Å². The van der Waals surface area contributed by atoms with Crippen molar-refractivity contribution < 1.29 is 43.4 Å². The van der Waals surface area contributed by atoms with Crippen LogP contribution in [0, 0.1) is 5.92 Å². The summed E-state index contributed by atoms with van der Waals surface area (Å²) in [5.74, 6) is -3.43. The molecule has 18 nitrogen and oxygen atoms in total. The Kier molecular flexibility index (Phi) is 20.0. The third kappa shape index (κ3) is 14.9. The topological polar surface area (TPSA) is 268 Å². The summed E-state index contributed by atoms with van der Waals surface area (Å²) in [6.45, 7) is 6.96. The Hall–Kier alpha value is -6.27. The molecule has 3 fully saturated rings. The van der Waals surface area contributed by atoms with Gasteiger partial charge in [-0.3, -0.25) is 33.6 Å². The van der Waals surface area contributed by atoms with Gasteiger partial charge in [0.15, 0.2) is 0 Å². The first-order chi connectivity index (χ1) is 34.2. The Morgan fingerprint density at radius 3 is 2.25 bits per heavy atom. The molecule has 0 spiro atoms. The van der Waals surface area contributed by atoms with E-state index in [2.05, 4.69) is 33.5 Å². The number of hydrogen-bond donors (Lipinski definition) is 8. The molecule has 71 heavy (non-hydrogen) atoms. The zero-order valence-electron chi connectivity index (χ0n) is 41.6. The van der Waals surface area contributed by atoms with E-state index in [9.17, 15) is 38.7 Å². The molecule has 7 amide bonds. The van der Waals surface area contributed by atoms with E-state index < -0.39 is 89.6 Å². The maximum Gasteiger partial charge on any atom is 0.251 e. The van der Waals surface area contributed by atoms with Gasteiger partial charge >= 0.3 is 0 Å². The molecule has 0 radical (unpaired) electrons. The van der Waals surface area contributed by atoms with E-state index in [4.69, 9.17) is 16.2 Å². The highest BCUT2D eigenvalue weighted by molar-refractivity contribution is 6.02. The minimum Gasteiger partial charge on any atom is -0.508 e. The number of unbranched alkanes of at least 4 members (excludes halogenated alkanes) is 4. The number of aromatic hydroxyl groups is 1. The number of aryl methyl sites for hydroxylation is 1. The minimum absolute atomic E-state index is 0.0622. The molecule has 0 aliphatic carbocycles. The van der Waals surface area contributed by atoms with Crippen LogP contribution < -0.4 is 42.8 Å². The van der Waals surface area contributed by atoms with Crippen molar-refractivity contribution in [3.63, 3.8) is 0 Å². The first-order valence-electron chi connectivity index (χ1n) is 25.7. The average Bonchev–Trinajstić information content (AvgIpc) is 4.02. The van der Waals surface area contributed by atoms with Crippen LogP contribution in [0.1, 0.15) is 120 Å². The Morgan fingerprint density at radius 2 is 1.51 bits per heavy atom. The molecule has 0 saturated carbocycles. The molecule has 6 rings (SSSR count). The van der Waals surface area contributed by atoms with E-state index in [0.717, 1.165) is 34.9 Å². The van der Waals surface area contributed by atoms with Crippen molar-refractivity contribution in [1.82, 2.24) is 36.4 Å². The minimum atomic E-state index is -1.16. The third-order valence-corrected chi connectivity index (χ3v) is 13.8. The summed E-state index contributed by atoms with van der Waals surface area (Å²) in [4.78, 5) is 103. The van der Waals surface area contributed by atoms with Gasteiger partial charge in [0.25, 0.3) is 5.91 Å². The maximum atomic E-state index is 14.5. The van der Waals surface area contributed by atoms with Gasteiger partial charge < -0.3 is 57.7 Å². The normalized spacial score (nSPS) is 24.1. The van der Waals surface area contributed by atoms with Crippen LogP contribution in [0.25, 0.3) is 10.8 Å². The van der Waals surface area contributed by atoms with Crippen molar-refractivity contribution in [2.45, 2.75) is 153 Å². The highest BCUT2D eigenvalue weighted by Crippen LogP contribution is 2.25. The lowest BCUT2D eigenvalue weighted by atomic mass is 10.00. The lowest BCUT2D eigenvalue weighted by Gasteiger charge is -2.32. The second-order valence-corrected chi connectivity index (χ2v) is 19.6. The largest absolute Gasteiger partial charge is 0.508 e. The molecule has 18 heteroatoms. The predicted octanol–water partition coefficient (Wildman–Crippen LogP) is 3.30. The fraction of sp³-hybridized carbons (Fsp3) is 0.566. The molecule has 0 aromatic heterocycles. The molecular formula is C53H75N9O9. The van der Waals surface area contributed by atoms with Crippen LogP contribution in [0.5, 0.6) is 11.5 Å². The van der Waals surface area contributed by atoms with Gasteiger partial charge in [-0.05, 0) is 129 Å². The van der Waals surface area contributed by atoms with Gasteiger partial charge in [-0.25, -0.2) is 0 Å². The monoisotopic (exact) mass is 982 g/mol. The predicted molar refractivity (Wildman–Crippen MR) is 270 cm³/mol. The van der Waals surface area contributed by atoms with Crippen LogP contribution in [0.15, 0.2) is 60.7 Å². The molecule has 3 heterocycles. The smallest absolute Gasteiger partial charge is 0.251 e. The summed E-state index contributed by atoms with van der Waals surface area (Å²) in [5, 5.41) is 26.0.